The van der Waals surface area contributed by atoms with Crippen molar-refractivity contribution in [2.24, 2.45) is 5.92 Å². The van der Waals surface area contributed by atoms with Crippen LogP contribution in [0.25, 0.3) is 0 Å². The van der Waals surface area contributed by atoms with Crippen molar-refractivity contribution in [1.29, 1.82) is 0 Å². The SMILES string of the molecule is CC(CC1CCCCC1)NCc1ccccc1OCC(=O)NCC1CCCO1. The Kier molecular flexibility index (Phi) is 8.62. The Morgan fingerprint density at radius 1 is 1.18 bits per heavy atom. The number of hydrogen-bond acceptors (Lipinski definition) is 4. The van der Waals surface area contributed by atoms with E-state index >= 15 is 0 Å². The first-order chi connectivity index (χ1) is 13.7. The highest BCUT2D eigenvalue weighted by Crippen LogP contribution is 2.27. The summed E-state index contributed by atoms with van der Waals surface area (Å²) in [6.07, 6.45) is 10.5. The predicted octanol–water partition coefficient (Wildman–Crippen LogP) is 3.81. The molecule has 2 atom stereocenters. The Bertz CT molecular complexity index is 595. The maximum atomic E-state index is 12.1. The monoisotopic (exact) mass is 388 g/mol. The zero-order chi connectivity index (χ0) is 19.6. The molecule has 1 amide bonds. The lowest BCUT2D eigenvalue weighted by atomic mass is 9.85. The van der Waals surface area contributed by atoms with E-state index < -0.39 is 0 Å². The van der Waals surface area contributed by atoms with E-state index in [-0.39, 0.29) is 18.6 Å². The Hall–Kier alpha value is -1.59. The highest BCUT2D eigenvalue weighted by atomic mass is 16.5. The van der Waals surface area contributed by atoms with Gasteiger partial charge in [0.1, 0.15) is 5.75 Å². The van der Waals surface area contributed by atoms with Gasteiger partial charge in [0.2, 0.25) is 0 Å². The molecule has 1 aliphatic heterocycles. The molecule has 0 bridgehead atoms. The zero-order valence-corrected chi connectivity index (χ0v) is 17.3. The molecule has 3 rings (SSSR count). The average Bonchev–Trinajstić information content (AvgIpc) is 3.24. The summed E-state index contributed by atoms with van der Waals surface area (Å²) < 4.78 is 11.3. The molecule has 1 aromatic carbocycles. The summed E-state index contributed by atoms with van der Waals surface area (Å²) in [4.78, 5) is 12.1. The predicted molar refractivity (Wildman–Crippen MR) is 111 cm³/mol. The van der Waals surface area contributed by atoms with Gasteiger partial charge < -0.3 is 20.1 Å². The van der Waals surface area contributed by atoms with E-state index in [9.17, 15) is 4.79 Å². The number of carbonyl (C=O) groups is 1. The van der Waals surface area contributed by atoms with Crippen LogP contribution in [-0.2, 0) is 16.1 Å². The molecule has 1 aliphatic carbocycles. The maximum Gasteiger partial charge on any atom is 0.258 e. The van der Waals surface area contributed by atoms with Crippen molar-refractivity contribution in [1.82, 2.24) is 10.6 Å². The lowest BCUT2D eigenvalue weighted by Crippen LogP contribution is -2.35. The second-order valence-corrected chi connectivity index (χ2v) is 8.36. The summed E-state index contributed by atoms with van der Waals surface area (Å²) in [5.74, 6) is 1.56. The topological polar surface area (TPSA) is 59.6 Å². The number of amides is 1. The number of hydrogen-bond donors (Lipinski definition) is 2. The third-order valence-electron chi connectivity index (χ3n) is 5.93. The van der Waals surface area contributed by atoms with Crippen LogP contribution in [0.3, 0.4) is 0 Å². The van der Waals surface area contributed by atoms with Gasteiger partial charge >= 0.3 is 0 Å². The fraction of sp³-hybridized carbons (Fsp3) is 0.696. The summed E-state index contributed by atoms with van der Waals surface area (Å²) >= 11 is 0. The maximum absolute atomic E-state index is 12.1. The quantitative estimate of drug-likeness (QED) is 0.640. The third-order valence-corrected chi connectivity index (χ3v) is 5.93. The van der Waals surface area contributed by atoms with Crippen LogP contribution in [-0.4, -0.2) is 37.8 Å². The highest BCUT2D eigenvalue weighted by molar-refractivity contribution is 5.77. The number of para-hydroxylation sites is 1. The molecule has 1 heterocycles. The molecule has 1 aromatic rings. The summed E-state index contributed by atoms with van der Waals surface area (Å²) in [5, 5.41) is 6.54. The van der Waals surface area contributed by atoms with E-state index in [1.807, 2.05) is 18.2 Å². The molecule has 1 saturated heterocycles. The molecule has 0 aromatic heterocycles. The smallest absolute Gasteiger partial charge is 0.258 e. The Balaban J connectivity index is 1.39. The van der Waals surface area contributed by atoms with Crippen molar-refractivity contribution >= 4 is 5.91 Å². The fourth-order valence-electron chi connectivity index (χ4n) is 4.31. The van der Waals surface area contributed by atoms with Gasteiger partial charge in [-0.25, -0.2) is 0 Å². The molecule has 2 N–H and O–H groups in total. The lowest BCUT2D eigenvalue weighted by molar-refractivity contribution is -0.123. The molecule has 156 valence electrons. The van der Waals surface area contributed by atoms with Crippen LogP contribution in [0.1, 0.15) is 63.9 Å². The third kappa shape index (κ3) is 7.10. The minimum Gasteiger partial charge on any atom is -0.483 e. The van der Waals surface area contributed by atoms with Crippen molar-refractivity contribution in [3.63, 3.8) is 0 Å². The molecular formula is C23H36N2O3. The van der Waals surface area contributed by atoms with Crippen LogP contribution >= 0.6 is 0 Å². The second kappa shape index (κ2) is 11.4. The van der Waals surface area contributed by atoms with Gasteiger partial charge in [0, 0.05) is 31.3 Å². The van der Waals surface area contributed by atoms with Gasteiger partial charge in [0.25, 0.3) is 5.91 Å². The molecule has 5 nitrogen and oxygen atoms in total. The zero-order valence-electron chi connectivity index (χ0n) is 17.3. The van der Waals surface area contributed by atoms with Gasteiger partial charge in [0.05, 0.1) is 6.10 Å². The lowest BCUT2D eigenvalue weighted by Gasteiger charge is -2.25. The summed E-state index contributed by atoms with van der Waals surface area (Å²) in [5.41, 5.74) is 1.10. The first-order valence-electron chi connectivity index (χ1n) is 11.0. The van der Waals surface area contributed by atoms with Gasteiger partial charge in [-0.2, -0.15) is 0 Å². The van der Waals surface area contributed by atoms with Crippen LogP contribution in [0.5, 0.6) is 5.75 Å². The Labute approximate surface area is 169 Å². The van der Waals surface area contributed by atoms with Gasteiger partial charge in [-0.05, 0) is 38.2 Å². The first kappa shape index (κ1) is 21.1. The van der Waals surface area contributed by atoms with E-state index in [0.717, 1.165) is 43.2 Å². The number of rotatable bonds is 10. The van der Waals surface area contributed by atoms with Gasteiger partial charge in [-0.1, -0.05) is 50.3 Å². The first-order valence-corrected chi connectivity index (χ1v) is 11.0. The molecule has 28 heavy (non-hydrogen) atoms. The number of carbonyl (C=O) groups excluding carboxylic acids is 1. The minimum atomic E-state index is -0.0936. The van der Waals surface area contributed by atoms with Crippen LogP contribution < -0.4 is 15.4 Å². The van der Waals surface area contributed by atoms with Gasteiger partial charge in [0.15, 0.2) is 6.61 Å². The molecule has 2 aliphatic rings. The van der Waals surface area contributed by atoms with Crippen molar-refractivity contribution < 1.29 is 14.3 Å². The van der Waals surface area contributed by atoms with Crippen molar-refractivity contribution in [3.05, 3.63) is 29.8 Å². The van der Waals surface area contributed by atoms with Crippen molar-refractivity contribution in [3.8, 4) is 5.75 Å². The average molecular weight is 389 g/mol. The molecule has 0 spiro atoms. The molecule has 2 fully saturated rings. The molecule has 2 unspecified atom stereocenters. The molecule has 5 heteroatoms. The normalized spacial score (nSPS) is 21.4. The second-order valence-electron chi connectivity index (χ2n) is 8.36. The van der Waals surface area contributed by atoms with Crippen molar-refractivity contribution in [2.45, 2.75) is 77.0 Å². The Morgan fingerprint density at radius 2 is 2.00 bits per heavy atom. The van der Waals surface area contributed by atoms with Crippen LogP contribution in [0.4, 0.5) is 0 Å². The molecular weight excluding hydrogens is 352 g/mol. The summed E-state index contributed by atoms with van der Waals surface area (Å²) in [6, 6.07) is 8.48. The molecule has 1 saturated carbocycles. The fourth-order valence-corrected chi connectivity index (χ4v) is 4.31. The van der Waals surface area contributed by atoms with Crippen molar-refractivity contribution in [2.75, 3.05) is 19.8 Å². The van der Waals surface area contributed by atoms with Crippen LogP contribution in [0.2, 0.25) is 0 Å². The van der Waals surface area contributed by atoms with E-state index in [1.54, 1.807) is 0 Å². The van der Waals surface area contributed by atoms with E-state index in [4.69, 9.17) is 9.47 Å². The summed E-state index contributed by atoms with van der Waals surface area (Å²) in [6.45, 7) is 4.46. The highest BCUT2D eigenvalue weighted by Gasteiger charge is 2.18. The Morgan fingerprint density at radius 3 is 2.79 bits per heavy atom. The van der Waals surface area contributed by atoms with Crippen LogP contribution in [0, 0.1) is 5.92 Å². The summed E-state index contributed by atoms with van der Waals surface area (Å²) in [7, 11) is 0. The largest absolute Gasteiger partial charge is 0.483 e. The number of benzene rings is 1. The van der Waals surface area contributed by atoms with E-state index in [1.165, 1.54) is 38.5 Å². The van der Waals surface area contributed by atoms with Crippen LogP contribution in [0.15, 0.2) is 24.3 Å². The van der Waals surface area contributed by atoms with Gasteiger partial charge in [-0.3, -0.25) is 4.79 Å². The number of nitrogens with one attached hydrogen (secondary N) is 2. The van der Waals surface area contributed by atoms with E-state index in [2.05, 4.69) is 23.6 Å². The minimum absolute atomic E-state index is 0.0430. The standard InChI is InChI=1S/C23H36N2O3/c1-18(14-19-8-3-2-4-9-19)24-15-20-10-5-6-12-22(20)28-17-23(26)25-16-21-11-7-13-27-21/h5-6,10,12,18-19,21,24H,2-4,7-9,11,13-17H2,1H3,(H,25,26). The van der Waals surface area contributed by atoms with Gasteiger partial charge in [-0.15, -0.1) is 0 Å². The number of ether oxygens (including phenoxy) is 2. The van der Waals surface area contributed by atoms with E-state index in [0.29, 0.717) is 12.6 Å². The molecule has 0 radical (unpaired) electrons.